The van der Waals surface area contributed by atoms with Crippen LogP contribution >= 0.6 is 0 Å². The summed E-state index contributed by atoms with van der Waals surface area (Å²) in [6, 6.07) is 0.228. The van der Waals surface area contributed by atoms with E-state index in [-0.39, 0.29) is 18.2 Å². The lowest BCUT2D eigenvalue weighted by Crippen LogP contribution is -2.52. The van der Waals surface area contributed by atoms with E-state index in [1.807, 2.05) is 0 Å². The Morgan fingerprint density at radius 3 is 2.78 bits per heavy atom. The third-order valence-electron chi connectivity index (χ3n) is 3.34. The maximum Gasteiger partial charge on any atom is 0.0757 e. The standard InChI is InChI=1S/C14H30N2O2/c1-5-7-15-13(10-17)6-8-16-9-12(2)18-14(3,4)11-16/h12-13,15,17H,5-11H2,1-4H3. The zero-order valence-corrected chi connectivity index (χ0v) is 12.4. The molecule has 0 radical (unpaired) electrons. The number of morpholine rings is 1. The molecule has 4 nitrogen and oxygen atoms in total. The summed E-state index contributed by atoms with van der Waals surface area (Å²) >= 11 is 0. The van der Waals surface area contributed by atoms with E-state index in [0.717, 1.165) is 39.0 Å². The van der Waals surface area contributed by atoms with Gasteiger partial charge in [0, 0.05) is 19.1 Å². The smallest absolute Gasteiger partial charge is 0.0757 e. The van der Waals surface area contributed by atoms with Crippen LogP contribution in [-0.2, 0) is 4.74 Å². The number of ether oxygens (including phenoxy) is 1. The number of nitrogens with one attached hydrogen (secondary N) is 1. The number of aliphatic hydroxyl groups is 1. The summed E-state index contributed by atoms with van der Waals surface area (Å²) in [5.74, 6) is 0. The largest absolute Gasteiger partial charge is 0.395 e. The van der Waals surface area contributed by atoms with Gasteiger partial charge in [0.2, 0.25) is 0 Å². The van der Waals surface area contributed by atoms with Crippen LogP contribution in [0.4, 0.5) is 0 Å². The van der Waals surface area contributed by atoms with Crippen molar-refractivity contribution >= 4 is 0 Å². The van der Waals surface area contributed by atoms with Crippen molar-refractivity contribution in [3.8, 4) is 0 Å². The predicted octanol–water partition coefficient (Wildman–Crippen LogP) is 1.24. The molecule has 2 N–H and O–H groups in total. The molecule has 2 atom stereocenters. The van der Waals surface area contributed by atoms with E-state index in [9.17, 15) is 5.11 Å². The van der Waals surface area contributed by atoms with Crippen molar-refractivity contribution in [3.05, 3.63) is 0 Å². The van der Waals surface area contributed by atoms with Gasteiger partial charge in [-0.3, -0.25) is 4.90 Å². The van der Waals surface area contributed by atoms with E-state index in [1.54, 1.807) is 0 Å². The average Bonchev–Trinajstić information content (AvgIpc) is 2.26. The van der Waals surface area contributed by atoms with Crippen molar-refractivity contribution in [1.29, 1.82) is 0 Å². The molecule has 0 spiro atoms. The van der Waals surface area contributed by atoms with Crippen molar-refractivity contribution in [2.24, 2.45) is 0 Å². The molecular weight excluding hydrogens is 228 g/mol. The van der Waals surface area contributed by atoms with Gasteiger partial charge in [0.25, 0.3) is 0 Å². The summed E-state index contributed by atoms with van der Waals surface area (Å²) in [6.45, 7) is 12.8. The number of hydrogen-bond donors (Lipinski definition) is 2. The monoisotopic (exact) mass is 258 g/mol. The Kier molecular flexibility index (Phi) is 6.57. The molecule has 0 aromatic heterocycles. The topological polar surface area (TPSA) is 44.7 Å². The van der Waals surface area contributed by atoms with E-state index in [2.05, 4.69) is 37.9 Å². The zero-order chi connectivity index (χ0) is 13.6. The highest BCUT2D eigenvalue weighted by Crippen LogP contribution is 2.20. The molecule has 1 aliphatic heterocycles. The molecule has 1 heterocycles. The minimum absolute atomic E-state index is 0.0524. The molecule has 108 valence electrons. The van der Waals surface area contributed by atoms with Crippen LogP contribution in [0.5, 0.6) is 0 Å². The van der Waals surface area contributed by atoms with Crippen molar-refractivity contribution < 1.29 is 9.84 Å². The van der Waals surface area contributed by atoms with Crippen LogP contribution in [0.15, 0.2) is 0 Å². The van der Waals surface area contributed by atoms with Crippen LogP contribution in [0, 0.1) is 0 Å². The van der Waals surface area contributed by atoms with Crippen LogP contribution < -0.4 is 5.32 Å². The molecule has 4 heteroatoms. The van der Waals surface area contributed by atoms with Gasteiger partial charge in [-0.05, 0) is 46.7 Å². The molecule has 0 bridgehead atoms. The first-order valence-corrected chi connectivity index (χ1v) is 7.21. The first kappa shape index (κ1) is 15.9. The molecule has 2 unspecified atom stereocenters. The van der Waals surface area contributed by atoms with Crippen LogP contribution in [0.2, 0.25) is 0 Å². The van der Waals surface area contributed by atoms with E-state index in [1.165, 1.54) is 0 Å². The zero-order valence-electron chi connectivity index (χ0n) is 12.4. The molecule has 0 aromatic carbocycles. The van der Waals surface area contributed by atoms with Crippen LogP contribution in [0.1, 0.15) is 40.5 Å². The predicted molar refractivity (Wildman–Crippen MR) is 74.9 cm³/mol. The van der Waals surface area contributed by atoms with Gasteiger partial charge < -0.3 is 15.2 Å². The maximum atomic E-state index is 9.33. The van der Waals surface area contributed by atoms with Crippen molar-refractivity contribution in [1.82, 2.24) is 10.2 Å². The molecule has 1 saturated heterocycles. The van der Waals surface area contributed by atoms with Crippen molar-refractivity contribution in [2.75, 3.05) is 32.8 Å². The van der Waals surface area contributed by atoms with E-state index in [4.69, 9.17) is 4.74 Å². The summed E-state index contributed by atoms with van der Waals surface area (Å²) in [5, 5.41) is 12.7. The van der Waals surface area contributed by atoms with Gasteiger partial charge in [0.15, 0.2) is 0 Å². The van der Waals surface area contributed by atoms with Gasteiger partial charge >= 0.3 is 0 Å². The summed E-state index contributed by atoms with van der Waals surface area (Å²) in [7, 11) is 0. The molecule has 18 heavy (non-hydrogen) atoms. The quantitative estimate of drug-likeness (QED) is 0.721. The van der Waals surface area contributed by atoms with Crippen LogP contribution in [-0.4, -0.2) is 60.5 Å². The third kappa shape index (κ3) is 5.65. The number of rotatable bonds is 7. The first-order chi connectivity index (χ1) is 8.46. The second-order valence-corrected chi connectivity index (χ2v) is 6.05. The second-order valence-electron chi connectivity index (χ2n) is 6.05. The molecule has 0 aromatic rings. The fourth-order valence-electron chi connectivity index (χ4n) is 2.70. The Bertz CT molecular complexity index is 234. The molecule has 0 aliphatic carbocycles. The average molecular weight is 258 g/mol. The van der Waals surface area contributed by atoms with Crippen LogP contribution in [0.3, 0.4) is 0 Å². The normalized spacial score (nSPS) is 26.2. The van der Waals surface area contributed by atoms with E-state index < -0.39 is 0 Å². The van der Waals surface area contributed by atoms with Gasteiger partial charge in [0.05, 0.1) is 18.3 Å². The highest BCUT2D eigenvalue weighted by atomic mass is 16.5. The highest BCUT2D eigenvalue weighted by Gasteiger charge is 2.31. The van der Waals surface area contributed by atoms with Crippen LogP contribution in [0.25, 0.3) is 0 Å². The number of hydrogen-bond acceptors (Lipinski definition) is 4. The lowest BCUT2D eigenvalue weighted by molar-refractivity contribution is -0.129. The summed E-state index contributed by atoms with van der Waals surface area (Å²) < 4.78 is 5.90. The number of nitrogens with zero attached hydrogens (tertiary/aromatic N) is 1. The Hall–Kier alpha value is -0.160. The van der Waals surface area contributed by atoms with Crippen molar-refractivity contribution in [2.45, 2.75) is 58.3 Å². The first-order valence-electron chi connectivity index (χ1n) is 7.21. The molecule has 1 aliphatic rings. The molecule has 0 amide bonds. The summed E-state index contributed by atoms with van der Waals surface area (Å²) in [5.41, 5.74) is -0.0524. The molecule has 1 rings (SSSR count). The van der Waals surface area contributed by atoms with Gasteiger partial charge in [-0.1, -0.05) is 6.92 Å². The van der Waals surface area contributed by atoms with Crippen molar-refractivity contribution in [3.63, 3.8) is 0 Å². The van der Waals surface area contributed by atoms with Gasteiger partial charge in [0.1, 0.15) is 0 Å². The SMILES string of the molecule is CCCNC(CO)CCN1CC(C)OC(C)(C)C1. The minimum Gasteiger partial charge on any atom is -0.395 e. The number of aliphatic hydroxyl groups excluding tert-OH is 1. The lowest BCUT2D eigenvalue weighted by atomic mass is 10.0. The minimum atomic E-state index is -0.0524. The summed E-state index contributed by atoms with van der Waals surface area (Å²) in [6.07, 6.45) is 2.40. The van der Waals surface area contributed by atoms with E-state index in [0.29, 0.717) is 6.10 Å². The van der Waals surface area contributed by atoms with E-state index >= 15 is 0 Å². The van der Waals surface area contributed by atoms with Gasteiger partial charge in [-0.25, -0.2) is 0 Å². The summed E-state index contributed by atoms with van der Waals surface area (Å²) in [4.78, 5) is 2.45. The second kappa shape index (κ2) is 7.43. The lowest BCUT2D eigenvalue weighted by Gasteiger charge is -2.42. The fourth-order valence-corrected chi connectivity index (χ4v) is 2.70. The molecule has 1 fully saturated rings. The third-order valence-corrected chi connectivity index (χ3v) is 3.34. The molecular formula is C14H30N2O2. The fraction of sp³-hybridized carbons (Fsp3) is 1.00. The Morgan fingerprint density at radius 1 is 1.50 bits per heavy atom. The van der Waals surface area contributed by atoms with Gasteiger partial charge in [-0.2, -0.15) is 0 Å². The van der Waals surface area contributed by atoms with Gasteiger partial charge in [-0.15, -0.1) is 0 Å². The maximum absolute atomic E-state index is 9.33. The Labute approximate surface area is 112 Å². The Morgan fingerprint density at radius 2 is 2.22 bits per heavy atom. The Balaban J connectivity index is 2.32. The molecule has 0 saturated carbocycles. The highest BCUT2D eigenvalue weighted by molar-refractivity contribution is 4.83.